The molecule has 2 heterocycles. The molecule has 0 aliphatic heterocycles. The molecule has 4 aromatic rings. The van der Waals surface area contributed by atoms with Crippen molar-refractivity contribution in [1.29, 1.82) is 0 Å². The minimum Gasteiger partial charge on any atom is -0.303 e. The molecule has 0 bridgehead atoms. The van der Waals surface area contributed by atoms with Crippen molar-refractivity contribution in [2.45, 2.75) is 12.2 Å². The van der Waals surface area contributed by atoms with E-state index in [0.717, 1.165) is 23.6 Å². The molecule has 0 saturated heterocycles. The molecule has 0 amide bonds. The highest BCUT2D eigenvalue weighted by molar-refractivity contribution is 7.98. The van der Waals surface area contributed by atoms with Gasteiger partial charge < -0.3 is 4.40 Å². The van der Waals surface area contributed by atoms with Crippen LogP contribution in [0.3, 0.4) is 0 Å². The molecule has 25 heavy (non-hydrogen) atoms. The molecule has 0 atom stereocenters. The predicted octanol–water partition coefficient (Wildman–Crippen LogP) is 5.48. The molecule has 0 spiro atoms. The maximum atomic E-state index is 4.54. The Labute approximate surface area is 152 Å². The van der Waals surface area contributed by atoms with Crippen molar-refractivity contribution in [3.8, 4) is 11.1 Å². The summed E-state index contributed by atoms with van der Waals surface area (Å²) < 4.78 is 2.22. The van der Waals surface area contributed by atoms with Gasteiger partial charge in [0.1, 0.15) is 5.65 Å². The Morgan fingerprint density at radius 3 is 2.36 bits per heavy atom. The fraction of sp³-hybridized carbons (Fsp3) is 0.136. The number of aromatic nitrogens is 2. The number of imidazole rings is 1. The topological polar surface area (TPSA) is 17.3 Å². The van der Waals surface area contributed by atoms with E-state index in [9.17, 15) is 0 Å². The Hall–Kier alpha value is -2.52. The Morgan fingerprint density at radius 1 is 0.800 bits per heavy atom. The lowest BCUT2D eigenvalue weighted by molar-refractivity contribution is 1.09. The number of fused-ring (bicyclic) bond motifs is 1. The van der Waals surface area contributed by atoms with Crippen LogP contribution in [0.1, 0.15) is 11.3 Å². The SMILES string of the molecule is c1ccc(CCSCc2cnc3ccc(-c4ccccc4)cn23)cc1. The van der Waals surface area contributed by atoms with Crippen molar-refractivity contribution in [2.24, 2.45) is 0 Å². The summed E-state index contributed by atoms with van der Waals surface area (Å²) in [5, 5.41) is 0. The lowest BCUT2D eigenvalue weighted by Gasteiger charge is -2.06. The van der Waals surface area contributed by atoms with E-state index in [0.29, 0.717) is 0 Å². The van der Waals surface area contributed by atoms with E-state index in [1.807, 2.05) is 24.0 Å². The average molecular weight is 344 g/mol. The Bertz CT molecular complexity index is 946. The number of nitrogens with zero attached hydrogens (tertiary/aromatic N) is 2. The van der Waals surface area contributed by atoms with Gasteiger partial charge in [0, 0.05) is 11.9 Å². The van der Waals surface area contributed by atoms with E-state index in [-0.39, 0.29) is 0 Å². The molecule has 3 heteroatoms. The van der Waals surface area contributed by atoms with E-state index in [4.69, 9.17) is 0 Å². The second-order valence-electron chi connectivity index (χ2n) is 6.05. The van der Waals surface area contributed by atoms with Crippen LogP contribution in [0.2, 0.25) is 0 Å². The zero-order valence-electron chi connectivity index (χ0n) is 14.0. The van der Waals surface area contributed by atoms with Crippen molar-refractivity contribution in [3.05, 3.63) is 96.4 Å². The summed E-state index contributed by atoms with van der Waals surface area (Å²) >= 11 is 1.96. The number of benzene rings is 2. The number of rotatable bonds is 6. The molecule has 4 rings (SSSR count). The number of hydrogen-bond donors (Lipinski definition) is 0. The quantitative estimate of drug-likeness (QED) is 0.431. The Morgan fingerprint density at radius 2 is 1.56 bits per heavy atom. The third-order valence-corrected chi connectivity index (χ3v) is 5.31. The molecule has 0 fully saturated rings. The molecule has 0 radical (unpaired) electrons. The van der Waals surface area contributed by atoms with Gasteiger partial charge >= 0.3 is 0 Å². The minimum absolute atomic E-state index is 0.978. The van der Waals surface area contributed by atoms with Gasteiger partial charge in [-0.25, -0.2) is 4.98 Å². The van der Waals surface area contributed by atoms with Gasteiger partial charge in [0.2, 0.25) is 0 Å². The van der Waals surface area contributed by atoms with Crippen molar-refractivity contribution in [2.75, 3.05) is 5.75 Å². The molecule has 2 aromatic heterocycles. The smallest absolute Gasteiger partial charge is 0.136 e. The molecular formula is C22H20N2S. The normalized spacial score (nSPS) is 11.0. The lowest BCUT2D eigenvalue weighted by Crippen LogP contribution is -1.94. The average Bonchev–Trinajstić information content (AvgIpc) is 3.09. The van der Waals surface area contributed by atoms with Gasteiger partial charge in [-0.3, -0.25) is 0 Å². The van der Waals surface area contributed by atoms with Gasteiger partial charge in [-0.2, -0.15) is 11.8 Å². The molecule has 0 aliphatic rings. The van der Waals surface area contributed by atoms with E-state index in [2.05, 4.69) is 82.3 Å². The molecule has 0 unspecified atom stereocenters. The monoisotopic (exact) mass is 344 g/mol. The third-order valence-electron chi connectivity index (χ3n) is 4.32. The maximum absolute atomic E-state index is 4.54. The zero-order valence-corrected chi connectivity index (χ0v) is 14.8. The first kappa shape index (κ1) is 16.0. The maximum Gasteiger partial charge on any atom is 0.136 e. The highest BCUT2D eigenvalue weighted by Gasteiger charge is 2.05. The summed E-state index contributed by atoms with van der Waals surface area (Å²) in [6, 6.07) is 25.4. The summed E-state index contributed by atoms with van der Waals surface area (Å²) in [7, 11) is 0. The van der Waals surface area contributed by atoms with Crippen LogP contribution in [0.25, 0.3) is 16.8 Å². The van der Waals surface area contributed by atoms with Gasteiger partial charge in [-0.1, -0.05) is 60.7 Å². The van der Waals surface area contributed by atoms with E-state index in [1.165, 1.54) is 22.4 Å². The third kappa shape index (κ3) is 3.77. The van der Waals surface area contributed by atoms with Crippen molar-refractivity contribution < 1.29 is 0 Å². The van der Waals surface area contributed by atoms with E-state index >= 15 is 0 Å². The molecule has 0 aliphatic carbocycles. The Balaban J connectivity index is 1.46. The Kier molecular flexibility index (Phi) is 4.84. The number of hydrogen-bond acceptors (Lipinski definition) is 2. The van der Waals surface area contributed by atoms with Crippen molar-refractivity contribution in [3.63, 3.8) is 0 Å². The second kappa shape index (κ2) is 7.58. The molecule has 2 aromatic carbocycles. The van der Waals surface area contributed by atoms with E-state index < -0.39 is 0 Å². The first-order valence-electron chi connectivity index (χ1n) is 8.53. The highest BCUT2D eigenvalue weighted by Crippen LogP contribution is 2.22. The number of thioether (sulfide) groups is 1. The van der Waals surface area contributed by atoms with Gasteiger partial charge in [0.05, 0.1) is 11.9 Å². The summed E-state index contributed by atoms with van der Waals surface area (Å²) in [6.07, 6.45) is 5.31. The lowest BCUT2D eigenvalue weighted by atomic mass is 10.1. The number of pyridine rings is 1. The first-order chi connectivity index (χ1) is 12.4. The van der Waals surface area contributed by atoms with Crippen LogP contribution in [0, 0.1) is 0 Å². The van der Waals surface area contributed by atoms with Gasteiger partial charge in [-0.15, -0.1) is 0 Å². The van der Waals surface area contributed by atoms with Gasteiger partial charge in [0.15, 0.2) is 0 Å². The van der Waals surface area contributed by atoms with Gasteiger partial charge in [0.25, 0.3) is 0 Å². The summed E-state index contributed by atoms with van der Waals surface area (Å²) in [5.74, 6) is 2.10. The summed E-state index contributed by atoms with van der Waals surface area (Å²) in [5.41, 5.74) is 6.13. The molecule has 124 valence electrons. The van der Waals surface area contributed by atoms with Crippen LogP contribution in [-0.2, 0) is 12.2 Å². The molecule has 0 saturated carbocycles. The van der Waals surface area contributed by atoms with Crippen LogP contribution in [0.4, 0.5) is 0 Å². The highest BCUT2D eigenvalue weighted by atomic mass is 32.2. The molecular weight excluding hydrogens is 324 g/mol. The van der Waals surface area contributed by atoms with E-state index in [1.54, 1.807) is 0 Å². The van der Waals surface area contributed by atoms with Crippen LogP contribution < -0.4 is 0 Å². The fourth-order valence-corrected chi connectivity index (χ4v) is 3.90. The summed E-state index contributed by atoms with van der Waals surface area (Å²) in [4.78, 5) is 4.54. The fourth-order valence-electron chi connectivity index (χ4n) is 2.95. The minimum atomic E-state index is 0.978. The number of aryl methyl sites for hydroxylation is 1. The summed E-state index contributed by atoms with van der Waals surface area (Å²) in [6.45, 7) is 0. The van der Waals surface area contributed by atoms with Crippen LogP contribution in [-0.4, -0.2) is 15.1 Å². The predicted molar refractivity (Wildman–Crippen MR) is 107 cm³/mol. The van der Waals surface area contributed by atoms with Crippen LogP contribution in [0.15, 0.2) is 85.2 Å². The first-order valence-corrected chi connectivity index (χ1v) is 9.69. The standard InChI is InChI=1S/C22H20N2S/c1-3-7-18(8-4-1)13-14-25-17-21-15-23-22-12-11-20(16-24(21)22)19-9-5-2-6-10-19/h1-12,15-16H,13-14,17H2. The van der Waals surface area contributed by atoms with Crippen LogP contribution >= 0.6 is 11.8 Å². The van der Waals surface area contributed by atoms with Crippen LogP contribution in [0.5, 0.6) is 0 Å². The molecule has 2 nitrogen and oxygen atoms in total. The zero-order chi connectivity index (χ0) is 16.9. The second-order valence-corrected chi connectivity index (χ2v) is 7.15. The largest absolute Gasteiger partial charge is 0.303 e. The molecule has 0 N–H and O–H groups in total. The van der Waals surface area contributed by atoms with Crippen molar-refractivity contribution in [1.82, 2.24) is 9.38 Å². The van der Waals surface area contributed by atoms with Crippen molar-refractivity contribution >= 4 is 17.4 Å². The van der Waals surface area contributed by atoms with Gasteiger partial charge in [-0.05, 0) is 41.0 Å².